The molecule has 10 N–H and O–H groups in total. The van der Waals surface area contributed by atoms with Crippen LogP contribution in [-0.2, 0) is 46.5 Å². The van der Waals surface area contributed by atoms with Crippen LogP contribution < -0.4 is 9.47 Å². The van der Waals surface area contributed by atoms with Gasteiger partial charge in [-0.25, -0.2) is 4.79 Å². The van der Waals surface area contributed by atoms with Crippen LogP contribution in [0.5, 0.6) is 11.5 Å². The number of carboxylic acid groups (broad SMARTS) is 1. The van der Waals surface area contributed by atoms with E-state index >= 15 is 0 Å². The van der Waals surface area contributed by atoms with E-state index in [1.807, 2.05) is 0 Å². The number of carbonyl (C=O) groups excluding carboxylic acids is 2. The van der Waals surface area contributed by atoms with E-state index in [-0.39, 0.29) is 18.1 Å². The van der Waals surface area contributed by atoms with Crippen molar-refractivity contribution in [3.05, 3.63) is 59.7 Å². The maximum Gasteiger partial charge on any atom is 0.339 e. The average Bonchev–Trinajstić information content (AvgIpc) is 3.10. The van der Waals surface area contributed by atoms with Gasteiger partial charge in [0.1, 0.15) is 73.5 Å². The van der Waals surface area contributed by atoms with Crippen molar-refractivity contribution in [1.29, 1.82) is 0 Å². The Bertz CT molecular complexity index is 1450. The summed E-state index contributed by atoms with van der Waals surface area (Å²) in [7, 11) is 0. The summed E-state index contributed by atoms with van der Waals surface area (Å²) < 4.78 is 31.7. The Labute approximate surface area is 289 Å². The number of rotatable bonds is 15. The number of hydrogen-bond acceptors (Lipinski definition) is 18. The lowest BCUT2D eigenvalue weighted by molar-refractivity contribution is -0.277. The van der Waals surface area contributed by atoms with Crippen molar-refractivity contribution in [2.75, 3.05) is 13.2 Å². The fourth-order valence-electron chi connectivity index (χ4n) is 5.12. The van der Waals surface area contributed by atoms with Crippen LogP contribution in [0.1, 0.15) is 24.0 Å². The third-order valence-electron chi connectivity index (χ3n) is 8.08. The number of aliphatic hydroxyl groups is 9. The number of hydrogen-bond donors (Lipinski definition) is 10. The smallest absolute Gasteiger partial charge is 0.339 e. The Morgan fingerprint density at radius 3 is 1.41 bits per heavy atom. The quantitative estimate of drug-likeness (QED) is 0.0793. The first-order chi connectivity index (χ1) is 24.1. The molecule has 19 nitrogen and oxygen atoms in total. The molecule has 19 heteroatoms. The molecule has 2 saturated heterocycles. The van der Waals surface area contributed by atoms with E-state index in [0.29, 0.717) is 11.1 Å². The number of aliphatic carboxylic acids is 1. The van der Waals surface area contributed by atoms with Gasteiger partial charge in [0.05, 0.1) is 26.1 Å². The van der Waals surface area contributed by atoms with Crippen molar-refractivity contribution in [3.63, 3.8) is 0 Å². The average molecular weight is 729 g/mol. The van der Waals surface area contributed by atoms with Gasteiger partial charge in [0, 0.05) is 0 Å². The zero-order valence-electron chi connectivity index (χ0n) is 26.8. The largest absolute Gasteiger partial charge is 0.481 e. The molecule has 51 heavy (non-hydrogen) atoms. The minimum Gasteiger partial charge on any atom is -0.481 e. The maximum absolute atomic E-state index is 12.8. The van der Waals surface area contributed by atoms with E-state index in [0.717, 1.165) is 0 Å². The SMILES string of the molecule is O=C(O)CC(O)(CC(=O)OCc1ccc(O[C@@H]2O[C@H](CO)[C@@H](O)[C@H](O)[C@H]2O)cc1)C(=O)OCc1ccc(O[C@@H]2O[C@H](CO)[C@@H](O)[C@H](O)[C@H]2O)cc1. The number of carbonyl (C=O) groups is 3. The molecule has 2 aliphatic heterocycles. The predicted octanol–water partition coefficient (Wildman–Crippen LogP) is -3.57. The van der Waals surface area contributed by atoms with Gasteiger partial charge >= 0.3 is 17.9 Å². The molecule has 282 valence electrons. The molecule has 0 radical (unpaired) electrons. The molecule has 2 heterocycles. The first-order valence-electron chi connectivity index (χ1n) is 15.5. The van der Waals surface area contributed by atoms with E-state index in [4.69, 9.17) is 28.4 Å². The van der Waals surface area contributed by atoms with Gasteiger partial charge in [-0.1, -0.05) is 24.3 Å². The summed E-state index contributed by atoms with van der Waals surface area (Å²) in [6, 6.07) is 11.3. The molecular weight excluding hydrogens is 688 g/mol. The molecule has 4 rings (SSSR count). The van der Waals surface area contributed by atoms with Gasteiger partial charge in [0.2, 0.25) is 12.6 Å². The van der Waals surface area contributed by atoms with Crippen LogP contribution in [0.3, 0.4) is 0 Å². The second-order valence-corrected chi connectivity index (χ2v) is 11.9. The monoisotopic (exact) mass is 728 g/mol. The van der Waals surface area contributed by atoms with Crippen molar-refractivity contribution in [2.45, 2.75) is 93.1 Å². The highest BCUT2D eigenvalue weighted by atomic mass is 16.7. The summed E-state index contributed by atoms with van der Waals surface area (Å²) in [6.07, 6.45) is -17.2. The van der Waals surface area contributed by atoms with Gasteiger partial charge in [-0.3, -0.25) is 9.59 Å². The Balaban J connectivity index is 1.27. The molecule has 0 amide bonds. The minimum atomic E-state index is -2.79. The van der Waals surface area contributed by atoms with Crippen LogP contribution in [0.25, 0.3) is 0 Å². The summed E-state index contributed by atoms with van der Waals surface area (Å²) in [5.74, 6) is -3.89. The lowest BCUT2D eigenvalue weighted by Crippen LogP contribution is -2.60. The highest BCUT2D eigenvalue weighted by molar-refractivity contribution is 5.89. The van der Waals surface area contributed by atoms with Crippen LogP contribution in [0.4, 0.5) is 0 Å². The zero-order valence-corrected chi connectivity index (χ0v) is 26.8. The van der Waals surface area contributed by atoms with Crippen LogP contribution in [0.15, 0.2) is 48.5 Å². The summed E-state index contributed by atoms with van der Waals surface area (Å²) in [6.45, 7) is -2.12. The molecule has 2 fully saturated rings. The Morgan fingerprint density at radius 2 is 1.02 bits per heavy atom. The fourth-order valence-corrected chi connectivity index (χ4v) is 5.12. The standard InChI is InChI=1S/C32H40O19/c33-11-19-23(38)25(40)27(42)29(50-19)48-17-5-1-15(2-6-17)13-46-22(37)10-32(45,9-21(35)36)31(44)47-14-16-3-7-18(8-4-16)49-30-28(43)26(41)24(39)20(12-34)51-30/h1-8,19-20,23-30,33-34,38-43,45H,9-14H2,(H,35,36)/t19-,20-,23-,24-,25+,26+,27-,28-,29-,30-,32?/m1/s1. The van der Waals surface area contributed by atoms with Gasteiger partial charge in [0.15, 0.2) is 5.60 Å². The van der Waals surface area contributed by atoms with Crippen LogP contribution in [0.2, 0.25) is 0 Å². The van der Waals surface area contributed by atoms with Crippen molar-refractivity contribution in [3.8, 4) is 11.5 Å². The Kier molecular flexibility index (Phi) is 13.6. The third-order valence-corrected chi connectivity index (χ3v) is 8.08. The van der Waals surface area contributed by atoms with E-state index in [9.17, 15) is 65.4 Å². The molecule has 1 unspecified atom stereocenters. The summed E-state index contributed by atoms with van der Waals surface area (Å²) in [5, 5.41) is 98.7. The van der Waals surface area contributed by atoms with E-state index in [1.54, 1.807) is 0 Å². The van der Waals surface area contributed by atoms with Crippen molar-refractivity contribution >= 4 is 17.9 Å². The number of aliphatic hydroxyl groups excluding tert-OH is 8. The molecular formula is C32H40O19. The molecule has 0 aliphatic carbocycles. The van der Waals surface area contributed by atoms with E-state index < -0.39 is 118 Å². The van der Waals surface area contributed by atoms with Gasteiger partial charge in [-0.15, -0.1) is 0 Å². The summed E-state index contributed by atoms with van der Waals surface area (Å²) in [4.78, 5) is 36.8. The lowest BCUT2D eigenvalue weighted by atomic mass is 9.95. The Hall–Kier alpha value is -3.99. The molecule has 2 aliphatic rings. The molecule has 0 spiro atoms. The molecule has 2 aromatic rings. The normalized spacial score (nSPS) is 30.5. The maximum atomic E-state index is 12.8. The van der Waals surface area contributed by atoms with Crippen LogP contribution in [0, 0.1) is 0 Å². The number of carboxylic acids is 1. The number of benzene rings is 2. The second-order valence-electron chi connectivity index (χ2n) is 11.9. The third kappa shape index (κ3) is 10.1. The van der Waals surface area contributed by atoms with E-state index in [2.05, 4.69) is 0 Å². The van der Waals surface area contributed by atoms with Gasteiger partial charge in [0.25, 0.3) is 0 Å². The van der Waals surface area contributed by atoms with Gasteiger partial charge < -0.3 is 79.5 Å². The number of esters is 2. The molecule has 2 aromatic carbocycles. The van der Waals surface area contributed by atoms with E-state index in [1.165, 1.54) is 48.5 Å². The Morgan fingerprint density at radius 1 is 0.608 bits per heavy atom. The second kappa shape index (κ2) is 17.5. The molecule has 11 atom stereocenters. The molecule has 0 bridgehead atoms. The summed E-state index contributed by atoms with van der Waals surface area (Å²) in [5.41, 5.74) is -2.06. The van der Waals surface area contributed by atoms with Crippen LogP contribution >= 0.6 is 0 Å². The lowest BCUT2D eigenvalue weighted by Gasteiger charge is -2.39. The van der Waals surface area contributed by atoms with Crippen LogP contribution in [-0.4, -0.2) is 149 Å². The predicted molar refractivity (Wildman–Crippen MR) is 163 cm³/mol. The topological polar surface area (TPSA) is 309 Å². The highest BCUT2D eigenvalue weighted by Crippen LogP contribution is 2.27. The van der Waals surface area contributed by atoms with Crippen molar-refractivity contribution < 1.29 is 93.9 Å². The van der Waals surface area contributed by atoms with Crippen molar-refractivity contribution in [2.24, 2.45) is 0 Å². The minimum absolute atomic E-state index is 0.121. The highest BCUT2D eigenvalue weighted by Gasteiger charge is 2.46. The zero-order chi connectivity index (χ0) is 37.5. The fraction of sp³-hybridized carbons (Fsp3) is 0.531. The summed E-state index contributed by atoms with van der Waals surface area (Å²) >= 11 is 0. The van der Waals surface area contributed by atoms with Crippen molar-refractivity contribution in [1.82, 2.24) is 0 Å². The first kappa shape index (κ1) is 39.8. The first-order valence-corrected chi connectivity index (χ1v) is 15.5. The molecule has 0 aromatic heterocycles. The van der Waals surface area contributed by atoms with Gasteiger partial charge in [-0.05, 0) is 35.4 Å². The number of ether oxygens (including phenoxy) is 6. The van der Waals surface area contributed by atoms with Gasteiger partial charge in [-0.2, -0.15) is 0 Å². The molecule has 0 saturated carbocycles.